The van der Waals surface area contributed by atoms with Crippen molar-refractivity contribution in [3.63, 3.8) is 0 Å². The Morgan fingerprint density at radius 2 is 1.96 bits per heavy atom. The molecule has 2 heterocycles. The van der Waals surface area contributed by atoms with E-state index in [2.05, 4.69) is 10.1 Å². The maximum atomic E-state index is 12.6. The zero-order valence-corrected chi connectivity index (χ0v) is 14.5. The zero-order chi connectivity index (χ0) is 16.8. The molecule has 1 aliphatic heterocycles. The lowest BCUT2D eigenvalue weighted by atomic mass is 9.92. The van der Waals surface area contributed by atoms with Gasteiger partial charge in [0.25, 0.3) is 0 Å². The van der Waals surface area contributed by atoms with E-state index >= 15 is 0 Å². The van der Waals surface area contributed by atoms with E-state index in [0.29, 0.717) is 24.9 Å². The van der Waals surface area contributed by atoms with Crippen LogP contribution in [-0.4, -0.2) is 36.0 Å². The van der Waals surface area contributed by atoms with Crippen molar-refractivity contribution in [3.8, 4) is 0 Å². The fourth-order valence-corrected chi connectivity index (χ4v) is 5.34. The number of benzene rings is 1. The molecule has 24 heavy (non-hydrogen) atoms. The Hall–Kier alpha value is -1.73. The summed E-state index contributed by atoms with van der Waals surface area (Å²) in [5.41, 5.74) is 1.01. The maximum Gasteiger partial charge on any atom is 0.223 e. The summed E-state index contributed by atoms with van der Waals surface area (Å²) in [4.78, 5) is 4.34. The van der Waals surface area contributed by atoms with Gasteiger partial charge in [-0.15, -0.1) is 0 Å². The number of rotatable bonds is 4. The average molecular weight is 347 g/mol. The van der Waals surface area contributed by atoms with E-state index in [1.807, 2.05) is 30.3 Å². The molecule has 2 aliphatic rings. The first-order valence-electron chi connectivity index (χ1n) is 8.31. The summed E-state index contributed by atoms with van der Waals surface area (Å²) in [6, 6.07) is 9.36. The second-order valence-electron chi connectivity index (χ2n) is 6.93. The summed E-state index contributed by atoms with van der Waals surface area (Å²) in [6.07, 6.45) is 2.79. The number of hydrogen-bond donors (Lipinski definition) is 0. The van der Waals surface area contributed by atoms with Gasteiger partial charge in [-0.2, -0.15) is 4.98 Å². The molecule has 2 fully saturated rings. The summed E-state index contributed by atoms with van der Waals surface area (Å²) >= 11 is 0. The molecule has 1 saturated carbocycles. The monoisotopic (exact) mass is 347 g/mol. The fraction of sp³-hybridized carbons (Fsp3) is 0.529. The van der Waals surface area contributed by atoms with Gasteiger partial charge in [-0.05, 0) is 30.2 Å². The molecule has 1 saturated heterocycles. The molecular formula is C17H21N3O3S. The van der Waals surface area contributed by atoms with Gasteiger partial charge in [-0.1, -0.05) is 35.5 Å². The van der Waals surface area contributed by atoms with Crippen LogP contribution in [0.2, 0.25) is 0 Å². The van der Waals surface area contributed by atoms with Crippen LogP contribution in [0.1, 0.15) is 42.5 Å². The Bertz CT molecular complexity index is 824. The van der Waals surface area contributed by atoms with Gasteiger partial charge in [0, 0.05) is 25.9 Å². The molecule has 1 unspecified atom stereocenters. The van der Waals surface area contributed by atoms with E-state index in [0.717, 1.165) is 30.7 Å². The molecule has 7 heteroatoms. The predicted molar refractivity (Wildman–Crippen MR) is 88.7 cm³/mol. The zero-order valence-electron chi connectivity index (χ0n) is 13.7. The smallest absolute Gasteiger partial charge is 0.223 e. The number of hydrogen-bond acceptors (Lipinski definition) is 5. The molecular weight excluding hydrogens is 326 g/mol. The molecule has 2 aromatic rings. The van der Waals surface area contributed by atoms with Crippen LogP contribution in [-0.2, 0) is 15.8 Å². The molecule has 4 rings (SSSR count). The number of piperidine rings is 1. The third kappa shape index (κ3) is 2.86. The number of sulfonamides is 1. The fourth-order valence-electron chi connectivity index (χ4n) is 3.81. The van der Waals surface area contributed by atoms with E-state index in [1.165, 1.54) is 0 Å². The van der Waals surface area contributed by atoms with E-state index in [-0.39, 0.29) is 11.2 Å². The van der Waals surface area contributed by atoms with Crippen molar-refractivity contribution in [1.82, 2.24) is 14.4 Å². The predicted octanol–water partition coefficient (Wildman–Crippen LogP) is 2.48. The molecule has 1 atom stereocenters. The van der Waals surface area contributed by atoms with Gasteiger partial charge in [0.2, 0.25) is 15.9 Å². The van der Waals surface area contributed by atoms with Crippen LogP contribution in [0.5, 0.6) is 0 Å². The van der Waals surface area contributed by atoms with Crippen LogP contribution < -0.4 is 0 Å². The van der Waals surface area contributed by atoms with Crippen molar-refractivity contribution >= 4 is 10.0 Å². The molecule has 0 bridgehead atoms. The minimum absolute atomic E-state index is 0.0777. The van der Waals surface area contributed by atoms with Crippen LogP contribution >= 0.6 is 0 Å². The molecule has 1 aliphatic carbocycles. The standard InChI is InChI=1S/C17H21N3O3S/c1-13-18-16(19-23-13)15-11-17(15)7-9-20(10-8-17)24(21,22)12-14-5-3-2-4-6-14/h2-6,15H,7-12H2,1H3. The first-order chi connectivity index (χ1) is 11.5. The Kier molecular flexibility index (Phi) is 3.73. The lowest BCUT2D eigenvalue weighted by Crippen LogP contribution is -2.40. The topological polar surface area (TPSA) is 76.3 Å². The maximum absolute atomic E-state index is 12.6. The average Bonchev–Trinajstić information content (AvgIpc) is 3.07. The second kappa shape index (κ2) is 5.67. The van der Waals surface area contributed by atoms with E-state index in [9.17, 15) is 8.42 Å². The summed E-state index contributed by atoms with van der Waals surface area (Å²) in [7, 11) is -3.25. The Labute approximate surface area is 141 Å². The molecule has 0 amide bonds. The Morgan fingerprint density at radius 1 is 1.25 bits per heavy atom. The van der Waals surface area contributed by atoms with Gasteiger partial charge in [-0.3, -0.25) is 0 Å². The number of nitrogens with zero attached hydrogens (tertiary/aromatic N) is 3. The van der Waals surface area contributed by atoms with Crippen LogP contribution in [0.25, 0.3) is 0 Å². The van der Waals surface area contributed by atoms with Crippen LogP contribution in [0, 0.1) is 12.3 Å². The van der Waals surface area contributed by atoms with E-state index < -0.39 is 10.0 Å². The van der Waals surface area contributed by atoms with Gasteiger partial charge >= 0.3 is 0 Å². The van der Waals surface area contributed by atoms with Gasteiger partial charge in [0.05, 0.1) is 5.75 Å². The largest absolute Gasteiger partial charge is 0.340 e. The molecule has 1 aromatic carbocycles. The van der Waals surface area contributed by atoms with Gasteiger partial charge in [0.1, 0.15) is 0 Å². The minimum atomic E-state index is -3.25. The SMILES string of the molecule is Cc1nc(C2CC23CCN(S(=O)(=O)Cc2ccccc2)CC3)no1. The van der Waals surface area contributed by atoms with Crippen molar-refractivity contribution < 1.29 is 12.9 Å². The molecule has 0 radical (unpaired) electrons. The van der Waals surface area contributed by atoms with Crippen molar-refractivity contribution in [2.75, 3.05) is 13.1 Å². The first kappa shape index (κ1) is 15.8. The lowest BCUT2D eigenvalue weighted by Gasteiger charge is -2.32. The molecule has 128 valence electrons. The van der Waals surface area contributed by atoms with Crippen LogP contribution in [0.4, 0.5) is 0 Å². The van der Waals surface area contributed by atoms with Gasteiger partial charge < -0.3 is 4.52 Å². The van der Waals surface area contributed by atoms with Crippen molar-refractivity contribution in [3.05, 3.63) is 47.6 Å². The van der Waals surface area contributed by atoms with Crippen molar-refractivity contribution in [1.29, 1.82) is 0 Å². The lowest BCUT2D eigenvalue weighted by molar-refractivity contribution is 0.249. The molecule has 1 spiro atoms. The minimum Gasteiger partial charge on any atom is -0.340 e. The summed E-state index contributed by atoms with van der Waals surface area (Å²) in [6.45, 7) is 2.97. The van der Waals surface area contributed by atoms with Crippen molar-refractivity contribution in [2.45, 2.75) is 37.9 Å². The van der Waals surface area contributed by atoms with E-state index in [1.54, 1.807) is 11.2 Å². The normalized spacial score (nSPS) is 23.5. The third-order valence-electron chi connectivity index (χ3n) is 5.35. The second-order valence-corrected chi connectivity index (χ2v) is 8.90. The number of aromatic nitrogens is 2. The van der Waals surface area contributed by atoms with E-state index in [4.69, 9.17) is 4.52 Å². The Balaban J connectivity index is 1.40. The highest BCUT2D eigenvalue weighted by Gasteiger charge is 2.58. The quantitative estimate of drug-likeness (QED) is 0.849. The van der Waals surface area contributed by atoms with Crippen LogP contribution in [0.15, 0.2) is 34.9 Å². The molecule has 0 N–H and O–H groups in total. The third-order valence-corrected chi connectivity index (χ3v) is 7.20. The first-order valence-corrected chi connectivity index (χ1v) is 9.91. The highest BCUT2D eigenvalue weighted by molar-refractivity contribution is 7.88. The molecule has 6 nitrogen and oxygen atoms in total. The molecule has 1 aromatic heterocycles. The van der Waals surface area contributed by atoms with Gasteiger partial charge in [0.15, 0.2) is 5.82 Å². The summed E-state index contributed by atoms with van der Waals surface area (Å²) < 4.78 is 32.0. The highest BCUT2D eigenvalue weighted by atomic mass is 32.2. The summed E-state index contributed by atoms with van der Waals surface area (Å²) in [5.74, 6) is 1.78. The summed E-state index contributed by atoms with van der Waals surface area (Å²) in [5, 5.41) is 4.03. The Morgan fingerprint density at radius 3 is 2.58 bits per heavy atom. The van der Waals surface area contributed by atoms with Crippen molar-refractivity contribution in [2.24, 2.45) is 5.41 Å². The highest BCUT2D eigenvalue weighted by Crippen LogP contribution is 2.64. The number of aryl methyl sites for hydroxylation is 1. The van der Waals surface area contributed by atoms with Crippen LogP contribution in [0.3, 0.4) is 0 Å². The van der Waals surface area contributed by atoms with Gasteiger partial charge in [-0.25, -0.2) is 12.7 Å².